The Morgan fingerprint density at radius 1 is 1.30 bits per heavy atom. The summed E-state index contributed by atoms with van der Waals surface area (Å²) < 4.78 is 13.2. The Balaban J connectivity index is 1.45. The molecule has 1 aliphatic rings. The van der Waals surface area contributed by atoms with Crippen LogP contribution < -0.4 is 10.1 Å². The van der Waals surface area contributed by atoms with Gasteiger partial charge in [-0.1, -0.05) is 30.8 Å². The Morgan fingerprint density at radius 2 is 2.08 bits per heavy atom. The minimum Gasteiger partial charge on any atom is -0.482 e. The highest BCUT2D eigenvalue weighted by Crippen LogP contribution is 2.40. The summed E-state index contributed by atoms with van der Waals surface area (Å²) in [6, 6.07) is 5.99. The van der Waals surface area contributed by atoms with Crippen molar-refractivity contribution >= 4 is 40.0 Å². The number of fused-ring (bicyclic) bond motifs is 1. The number of aryl methyl sites for hydroxylation is 1. The highest BCUT2D eigenvalue weighted by molar-refractivity contribution is 7.99. The maximum atomic E-state index is 12.9. The number of benzene rings is 1. The first-order valence-electron chi connectivity index (χ1n) is 12.5. The molecule has 0 fully saturated rings. The fourth-order valence-electron chi connectivity index (χ4n) is 4.55. The molecule has 0 bridgehead atoms. The molecule has 2 aromatic heterocycles. The summed E-state index contributed by atoms with van der Waals surface area (Å²) in [6.45, 7) is 10.9. The lowest BCUT2D eigenvalue weighted by molar-refractivity contribution is -0.113. The molecule has 1 aliphatic carbocycles. The number of thioether (sulfide) groups is 1. The third kappa shape index (κ3) is 5.85. The van der Waals surface area contributed by atoms with Crippen LogP contribution in [-0.4, -0.2) is 39.5 Å². The molecule has 10 heteroatoms. The number of esters is 1. The SMILES string of the molecule is CCn1c(SCC(=O)Nc2sc3c(c2C(=O)OC)CCC(C)C3)nnc1C(C)Oc1cccc(C)c1C. The predicted octanol–water partition coefficient (Wildman–Crippen LogP) is 5.76. The highest BCUT2D eigenvalue weighted by atomic mass is 32.2. The molecular weight excluding hydrogens is 508 g/mol. The van der Waals surface area contributed by atoms with E-state index in [-0.39, 0.29) is 17.8 Å². The summed E-state index contributed by atoms with van der Waals surface area (Å²) in [6.07, 6.45) is 2.46. The van der Waals surface area contributed by atoms with Crippen molar-refractivity contribution in [3.63, 3.8) is 0 Å². The van der Waals surface area contributed by atoms with E-state index < -0.39 is 5.97 Å². The van der Waals surface area contributed by atoms with E-state index in [0.717, 1.165) is 41.0 Å². The van der Waals surface area contributed by atoms with Gasteiger partial charge in [0.05, 0.1) is 18.4 Å². The van der Waals surface area contributed by atoms with Gasteiger partial charge in [-0.2, -0.15) is 0 Å². The first-order chi connectivity index (χ1) is 17.7. The number of ether oxygens (including phenoxy) is 2. The number of amides is 1. The van der Waals surface area contributed by atoms with Crippen molar-refractivity contribution in [2.75, 3.05) is 18.2 Å². The second-order valence-electron chi connectivity index (χ2n) is 9.43. The maximum Gasteiger partial charge on any atom is 0.341 e. The first kappa shape index (κ1) is 27.2. The molecule has 37 heavy (non-hydrogen) atoms. The molecule has 0 saturated heterocycles. The van der Waals surface area contributed by atoms with Crippen molar-refractivity contribution in [1.82, 2.24) is 14.8 Å². The molecule has 0 spiro atoms. The van der Waals surface area contributed by atoms with E-state index in [1.165, 1.54) is 35.8 Å². The fourth-order valence-corrected chi connectivity index (χ4v) is 6.77. The second kappa shape index (κ2) is 11.7. The summed E-state index contributed by atoms with van der Waals surface area (Å²) in [5, 5.41) is 12.9. The van der Waals surface area contributed by atoms with Gasteiger partial charge in [-0.05, 0) is 75.6 Å². The van der Waals surface area contributed by atoms with E-state index in [4.69, 9.17) is 9.47 Å². The zero-order chi connectivity index (χ0) is 26.7. The third-order valence-electron chi connectivity index (χ3n) is 6.77. The molecule has 3 aromatic rings. The molecule has 1 aromatic carbocycles. The van der Waals surface area contributed by atoms with Crippen molar-refractivity contribution in [2.24, 2.45) is 5.92 Å². The van der Waals surface area contributed by atoms with Gasteiger partial charge in [0.2, 0.25) is 5.91 Å². The van der Waals surface area contributed by atoms with Crippen molar-refractivity contribution in [3.8, 4) is 5.75 Å². The Morgan fingerprint density at radius 3 is 2.81 bits per heavy atom. The lowest BCUT2D eigenvalue weighted by Crippen LogP contribution is -2.17. The summed E-state index contributed by atoms with van der Waals surface area (Å²) in [4.78, 5) is 26.6. The second-order valence-corrected chi connectivity index (χ2v) is 11.5. The summed E-state index contributed by atoms with van der Waals surface area (Å²) in [5.74, 6) is 1.63. The smallest absolute Gasteiger partial charge is 0.341 e. The number of carbonyl (C=O) groups excluding carboxylic acids is 2. The van der Waals surface area contributed by atoms with Crippen LogP contribution in [0.1, 0.15) is 71.0 Å². The van der Waals surface area contributed by atoms with Gasteiger partial charge >= 0.3 is 5.97 Å². The first-order valence-corrected chi connectivity index (χ1v) is 14.3. The number of methoxy groups -OCH3 is 1. The molecule has 2 unspecified atom stereocenters. The quantitative estimate of drug-likeness (QED) is 0.271. The average Bonchev–Trinajstić information content (AvgIpc) is 3.45. The van der Waals surface area contributed by atoms with E-state index in [0.29, 0.717) is 34.0 Å². The van der Waals surface area contributed by atoms with E-state index >= 15 is 0 Å². The van der Waals surface area contributed by atoms with Crippen LogP contribution in [0.2, 0.25) is 0 Å². The van der Waals surface area contributed by atoms with Gasteiger partial charge in [0.1, 0.15) is 10.8 Å². The van der Waals surface area contributed by atoms with E-state index in [1.807, 2.05) is 37.5 Å². The molecule has 4 rings (SSSR count). The number of nitrogens with one attached hydrogen (secondary N) is 1. The van der Waals surface area contributed by atoms with Crippen LogP contribution in [0.5, 0.6) is 5.75 Å². The lowest BCUT2D eigenvalue weighted by atomic mass is 9.88. The molecule has 1 N–H and O–H groups in total. The molecule has 2 heterocycles. The number of hydrogen-bond acceptors (Lipinski definition) is 8. The lowest BCUT2D eigenvalue weighted by Gasteiger charge is -2.18. The molecule has 0 saturated carbocycles. The molecule has 198 valence electrons. The van der Waals surface area contributed by atoms with Gasteiger partial charge in [0.25, 0.3) is 0 Å². The zero-order valence-corrected chi connectivity index (χ0v) is 23.8. The molecule has 2 atom stereocenters. The molecule has 0 radical (unpaired) electrons. The van der Waals surface area contributed by atoms with Crippen LogP contribution >= 0.6 is 23.1 Å². The van der Waals surface area contributed by atoms with Gasteiger partial charge in [-0.15, -0.1) is 21.5 Å². The van der Waals surface area contributed by atoms with Crippen LogP contribution in [0.4, 0.5) is 5.00 Å². The van der Waals surface area contributed by atoms with Crippen molar-refractivity contribution in [2.45, 2.75) is 71.7 Å². The van der Waals surface area contributed by atoms with Crippen LogP contribution in [0.3, 0.4) is 0 Å². The summed E-state index contributed by atoms with van der Waals surface area (Å²) >= 11 is 2.80. The highest BCUT2D eigenvalue weighted by Gasteiger charge is 2.29. The third-order valence-corrected chi connectivity index (χ3v) is 8.91. The average molecular weight is 543 g/mol. The number of nitrogens with zero attached hydrogens (tertiary/aromatic N) is 3. The number of rotatable bonds is 9. The standard InChI is InChI=1S/C27H34N4O4S2/c1-7-31-24(18(5)35-20-10-8-9-16(3)17(20)4)29-30-27(31)36-14-22(32)28-25-23(26(33)34-6)19-12-11-15(2)13-21(19)37-25/h8-10,15,18H,7,11-14H2,1-6H3,(H,28,32). The van der Waals surface area contributed by atoms with Gasteiger partial charge < -0.3 is 19.4 Å². The number of thiophene rings is 1. The van der Waals surface area contributed by atoms with Gasteiger partial charge in [-0.25, -0.2) is 4.79 Å². The molecular formula is C27H34N4O4S2. The van der Waals surface area contributed by atoms with E-state index in [2.05, 4.69) is 35.4 Å². The molecule has 0 aliphatic heterocycles. The van der Waals surface area contributed by atoms with E-state index in [9.17, 15) is 9.59 Å². The number of carbonyl (C=O) groups is 2. The van der Waals surface area contributed by atoms with Crippen molar-refractivity contribution in [1.29, 1.82) is 0 Å². The Labute approximate surface area is 226 Å². The number of aromatic nitrogens is 3. The monoisotopic (exact) mass is 542 g/mol. The molecule has 1 amide bonds. The van der Waals surface area contributed by atoms with Crippen molar-refractivity contribution in [3.05, 3.63) is 51.2 Å². The summed E-state index contributed by atoms with van der Waals surface area (Å²) in [7, 11) is 1.37. The van der Waals surface area contributed by atoms with Crippen LogP contribution in [-0.2, 0) is 28.9 Å². The normalized spacial score (nSPS) is 15.7. The van der Waals surface area contributed by atoms with Crippen LogP contribution in [0.25, 0.3) is 0 Å². The minimum absolute atomic E-state index is 0.143. The van der Waals surface area contributed by atoms with Crippen molar-refractivity contribution < 1.29 is 19.1 Å². The van der Waals surface area contributed by atoms with Crippen LogP contribution in [0.15, 0.2) is 23.4 Å². The topological polar surface area (TPSA) is 95.3 Å². The minimum atomic E-state index is -0.400. The zero-order valence-electron chi connectivity index (χ0n) is 22.2. The maximum absolute atomic E-state index is 12.9. The molecule has 8 nitrogen and oxygen atoms in total. The predicted molar refractivity (Wildman–Crippen MR) is 147 cm³/mol. The van der Waals surface area contributed by atoms with Gasteiger partial charge in [0, 0.05) is 11.4 Å². The number of anilines is 1. The Kier molecular flexibility index (Phi) is 8.59. The van der Waals surface area contributed by atoms with E-state index in [1.54, 1.807) is 0 Å². The van der Waals surface area contributed by atoms with Gasteiger partial charge in [0.15, 0.2) is 17.1 Å². The number of hydrogen-bond donors (Lipinski definition) is 1. The Bertz CT molecular complexity index is 1300. The fraction of sp³-hybridized carbons (Fsp3) is 0.481. The van der Waals surface area contributed by atoms with Crippen LogP contribution in [0, 0.1) is 19.8 Å². The summed E-state index contributed by atoms with van der Waals surface area (Å²) in [5.41, 5.74) is 3.79. The van der Waals surface area contributed by atoms with Gasteiger partial charge in [-0.3, -0.25) is 4.79 Å². The largest absolute Gasteiger partial charge is 0.482 e. The Hall–Kier alpha value is -2.85.